The first-order valence-electron chi connectivity index (χ1n) is 5.41. The van der Waals surface area contributed by atoms with Crippen LogP contribution in [0, 0.1) is 3.57 Å². The molecule has 0 saturated heterocycles. The zero-order valence-corrected chi connectivity index (χ0v) is 12.6. The Morgan fingerprint density at radius 1 is 1.06 bits per heavy atom. The summed E-state index contributed by atoms with van der Waals surface area (Å²) in [4.78, 5) is 1.31. The third-order valence-electron chi connectivity index (χ3n) is 2.52. The molecular formula is C14H14INS. The van der Waals surface area contributed by atoms with Crippen molar-refractivity contribution >= 4 is 40.0 Å². The van der Waals surface area contributed by atoms with E-state index in [1.165, 1.54) is 19.7 Å². The Morgan fingerprint density at radius 3 is 2.41 bits per heavy atom. The van der Waals surface area contributed by atoms with Gasteiger partial charge < -0.3 is 5.32 Å². The summed E-state index contributed by atoms with van der Waals surface area (Å²) >= 11 is 4.12. The van der Waals surface area contributed by atoms with Crippen LogP contribution >= 0.6 is 34.4 Å². The summed E-state index contributed by atoms with van der Waals surface area (Å²) in [5.74, 6) is 0. The van der Waals surface area contributed by atoms with E-state index < -0.39 is 0 Å². The number of halogens is 1. The van der Waals surface area contributed by atoms with E-state index in [9.17, 15) is 0 Å². The van der Waals surface area contributed by atoms with Crippen molar-refractivity contribution in [3.63, 3.8) is 0 Å². The molecule has 0 atom stereocenters. The highest BCUT2D eigenvalue weighted by molar-refractivity contribution is 14.1. The minimum absolute atomic E-state index is 0.870. The van der Waals surface area contributed by atoms with Crippen LogP contribution in [-0.2, 0) is 6.54 Å². The van der Waals surface area contributed by atoms with Gasteiger partial charge in [-0.2, -0.15) is 0 Å². The van der Waals surface area contributed by atoms with E-state index in [1.54, 1.807) is 11.8 Å². The van der Waals surface area contributed by atoms with Crippen molar-refractivity contribution < 1.29 is 0 Å². The van der Waals surface area contributed by atoms with Crippen LogP contribution in [0.3, 0.4) is 0 Å². The molecule has 0 bridgehead atoms. The maximum Gasteiger partial charge on any atom is 0.0478 e. The monoisotopic (exact) mass is 355 g/mol. The summed E-state index contributed by atoms with van der Waals surface area (Å²) < 4.78 is 1.26. The van der Waals surface area contributed by atoms with E-state index in [2.05, 4.69) is 82.7 Å². The highest BCUT2D eigenvalue weighted by atomic mass is 127. The lowest BCUT2D eigenvalue weighted by Crippen LogP contribution is -2.00. The zero-order chi connectivity index (χ0) is 12.1. The molecule has 0 spiro atoms. The lowest BCUT2D eigenvalue weighted by Gasteiger charge is -2.08. The Hall–Kier alpha value is -0.680. The Labute approximate surface area is 120 Å². The van der Waals surface area contributed by atoms with E-state index in [1.807, 2.05) is 0 Å². The number of rotatable bonds is 4. The van der Waals surface area contributed by atoms with Gasteiger partial charge >= 0.3 is 0 Å². The van der Waals surface area contributed by atoms with Gasteiger partial charge in [0.05, 0.1) is 0 Å². The molecule has 17 heavy (non-hydrogen) atoms. The first-order valence-corrected chi connectivity index (χ1v) is 7.71. The predicted octanol–water partition coefficient (Wildman–Crippen LogP) is 4.63. The Kier molecular flexibility index (Phi) is 4.74. The van der Waals surface area contributed by atoms with Crippen LogP contribution in [0.25, 0.3) is 0 Å². The number of hydrogen-bond donors (Lipinski definition) is 1. The number of anilines is 1. The second kappa shape index (κ2) is 6.31. The first kappa shape index (κ1) is 12.8. The molecule has 0 unspecified atom stereocenters. The molecule has 3 heteroatoms. The van der Waals surface area contributed by atoms with Crippen LogP contribution in [0.1, 0.15) is 5.56 Å². The molecular weight excluding hydrogens is 341 g/mol. The van der Waals surface area contributed by atoms with Crippen LogP contribution in [0.5, 0.6) is 0 Å². The summed E-state index contributed by atoms with van der Waals surface area (Å²) in [5, 5.41) is 3.45. The van der Waals surface area contributed by atoms with Crippen molar-refractivity contribution in [3.8, 4) is 0 Å². The van der Waals surface area contributed by atoms with Crippen molar-refractivity contribution in [2.45, 2.75) is 11.4 Å². The molecule has 1 N–H and O–H groups in total. The highest BCUT2D eigenvalue weighted by Crippen LogP contribution is 2.19. The van der Waals surface area contributed by atoms with Gasteiger partial charge in [-0.05, 0) is 58.7 Å². The Balaban J connectivity index is 2.00. The third-order valence-corrected chi connectivity index (χ3v) is 4.20. The van der Waals surface area contributed by atoms with Crippen molar-refractivity contribution in [2.75, 3.05) is 11.6 Å². The molecule has 0 amide bonds. The zero-order valence-electron chi connectivity index (χ0n) is 9.61. The lowest BCUT2D eigenvalue weighted by molar-refractivity contribution is 1.14. The van der Waals surface area contributed by atoms with Crippen LogP contribution in [0.2, 0.25) is 0 Å². The summed E-state index contributed by atoms with van der Waals surface area (Å²) in [6, 6.07) is 17.0. The number of thioether (sulfide) groups is 1. The molecule has 2 rings (SSSR count). The van der Waals surface area contributed by atoms with Crippen LogP contribution in [0.4, 0.5) is 5.69 Å². The largest absolute Gasteiger partial charge is 0.380 e. The standard InChI is InChI=1S/C14H14INS/c1-17-12-8-6-11(7-9-12)10-16-14-5-3-2-4-13(14)15/h2-9,16H,10H2,1H3. The number of hydrogen-bond acceptors (Lipinski definition) is 2. The van der Waals surface area contributed by atoms with Gasteiger partial charge in [0.25, 0.3) is 0 Å². The molecule has 0 saturated carbocycles. The smallest absolute Gasteiger partial charge is 0.0478 e. The SMILES string of the molecule is CSc1ccc(CNc2ccccc2I)cc1. The van der Waals surface area contributed by atoms with E-state index >= 15 is 0 Å². The van der Waals surface area contributed by atoms with E-state index in [-0.39, 0.29) is 0 Å². The van der Waals surface area contributed by atoms with Gasteiger partial charge in [-0.3, -0.25) is 0 Å². The van der Waals surface area contributed by atoms with Crippen molar-refractivity contribution in [1.29, 1.82) is 0 Å². The number of nitrogens with one attached hydrogen (secondary N) is 1. The molecule has 0 aliphatic carbocycles. The maximum atomic E-state index is 3.45. The summed E-state index contributed by atoms with van der Waals surface area (Å²) in [7, 11) is 0. The maximum absolute atomic E-state index is 3.45. The number of para-hydroxylation sites is 1. The van der Waals surface area contributed by atoms with Crippen molar-refractivity contribution in [2.24, 2.45) is 0 Å². The molecule has 88 valence electrons. The molecule has 0 heterocycles. The van der Waals surface area contributed by atoms with Crippen molar-refractivity contribution in [3.05, 3.63) is 57.7 Å². The number of benzene rings is 2. The van der Waals surface area contributed by atoms with E-state index in [4.69, 9.17) is 0 Å². The quantitative estimate of drug-likeness (QED) is 0.634. The molecule has 2 aromatic rings. The molecule has 0 aliphatic heterocycles. The summed E-state index contributed by atoms with van der Waals surface area (Å²) in [6.45, 7) is 0.870. The summed E-state index contributed by atoms with van der Waals surface area (Å²) in [6.07, 6.45) is 2.10. The molecule has 0 fully saturated rings. The molecule has 1 nitrogen and oxygen atoms in total. The van der Waals surface area contributed by atoms with Gasteiger partial charge in [0, 0.05) is 20.7 Å². The fourth-order valence-electron chi connectivity index (χ4n) is 1.55. The van der Waals surface area contributed by atoms with E-state index in [0.717, 1.165) is 6.54 Å². The minimum atomic E-state index is 0.870. The van der Waals surface area contributed by atoms with E-state index in [0.29, 0.717) is 0 Å². The Morgan fingerprint density at radius 2 is 1.76 bits per heavy atom. The van der Waals surface area contributed by atoms with Crippen LogP contribution in [-0.4, -0.2) is 6.26 Å². The lowest BCUT2D eigenvalue weighted by atomic mass is 10.2. The average molecular weight is 355 g/mol. The molecule has 0 aliphatic rings. The normalized spacial score (nSPS) is 10.2. The fraction of sp³-hybridized carbons (Fsp3) is 0.143. The van der Waals surface area contributed by atoms with Gasteiger partial charge in [0.15, 0.2) is 0 Å². The average Bonchev–Trinajstić information content (AvgIpc) is 2.38. The summed E-state index contributed by atoms with van der Waals surface area (Å²) in [5.41, 5.74) is 2.50. The van der Waals surface area contributed by atoms with Crippen LogP contribution < -0.4 is 5.32 Å². The highest BCUT2D eigenvalue weighted by Gasteiger charge is 1.98. The molecule has 0 aromatic heterocycles. The van der Waals surface area contributed by atoms with Gasteiger partial charge in [-0.25, -0.2) is 0 Å². The Bertz CT molecular complexity index is 482. The topological polar surface area (TPSA) is 12.0 Å². The minimum Gasteiger partial charge on any atom is -0.380 e. The predicted molar refractivity (Wildman–Crippen MR) is 84.7 cm³/mol. The van der Waals surface area contributed by atoms with Gasteiger partial charge in [0.2, 0.25) is 0 Å². The molecule has 0 radical (unpaired) electrons. The third kappa shape index (κ3) is 3.64. The molecule has 2 aromatic carbocycles. The van der Waals surface area contributed by atoms with Gasteiger partial charge in [-0.1, -0.05) is 24.3 Å². The van der Waals surface area contributed by atoms with Gasteiger partial charge in [0.1, 0.15) is 0 Å². The van der Waals surface area contributed by atoms with Crippen molar-refractivity contribution in [1.82, 2.24) is 0 Å². The first-order chi connectivity index (χ1) is 8.29. The second-order valence-electron chi connectivity index (χ2n) is 3.68. The van der Waals surface area contributed by atoms with Gasteiger partial charge in [-0.15, -0.1) is 11.8 Å². The fourth-order valence-corrected chi connectivity index (χ4v) is 2.53. The second-order valence-corrected chi connectivity index (χ2v) is 5.72. The van der Waals surface area contributed by atoms with Crippen LogP contribution in [0.15, 0.2) is 53.4 Å².